The van der Waals surface area contributed by atoms with E-state index in [1.807, 2.05) is 66.7 Å². The second-order valence-corrected chi connectivity index (χ2v) is 10.3. The molecular formula is C33H22BrN3O. The minimum Gasteiger partial charge on any atom is -0.456 e. The molecule has 6 aromatic rings. The lowest BCUT2D eigenvalue weighted by Gasteiger charge is -2.17. The summed E-state index contributed by atoms with van der Waals surface area (Å²) in [5.74, 6) is 2.14. The van der Waals surface area contributed by atoms with Gasteiger partial charge in [-0.1, -0.05) is 94.8 Å². The van der Waals surface area contributed by atoms with E-state index in [0.717, 1.165) is 60.9 Å². The third kappa shape index (κ3) is 4.25. The molecule has 2 aromatic heterocycles. The molecule has 4 nitrogen and oxygen atoms in total. The zero-order valence-electron chi connectivity index (χ0n) is 20.4. The number of benzene rings is 4. The van der Waals surface area contributed by atoms with Gasteiger partial charge in [-0.3, -0.25) is 0 Å². The fraction of sp³-hybridized carbons (Fsp3) is 0.0606. The highest BCUT2D eigenvalue weighted by atomic mass is 79.9. The van der Waals surface area contributed by atoms with Gasteiger partial charge in [0.2, 0.25) is 0 Å². The molecular weight excluding hydrogens is 534 g/mol. The zero-order valence-corrected chi connectivity index (χ0v) is 22.0. The molecule has 0 radical (unpaired) electrons. The lowest BCUT2D eigenvalue weighted by Crippen LogP contribution is -2.08. The first kappa shape index (κ1) is 22.8. The number of hydrogen-bond acceptors (Lipinski definition) is 4. The summed E-state index contributed by atoms with van der Waals surface area (Å²) < 4.78 is 7.10. The van der Waals surface area contributed by atoms with Crippen LogP contribution in [0.3, 0.4) is 0 Å². The summed E-state index contributed by atoms with van der Waals surface area (Å²) in [6, 6.07) is 32.7. The highest BCUT2D eigenvalue weighted by Crippen LogP contribution is 2.34. The number of rotatable bonds is 4. The number of nitrogens with zero attached hydrogens (tertiary/aromatic N) is 3. The molecule has 0 bridgehead atoms. The fourth-order valence-corrected chi connectivity index (χ4v) is 5.39. The SMILES string of the molecule is Brc1cccc(C2=CC(c3nc(-c4ccccc4)nc(-c4ccc5oc6ccccc6c5c4)n3)CC=C2)c1. The van der Waals surface area contributed by atoms with Crippen LogP contribution in [-0.2, 0) is 0 Å². The average Bonchev–Trinajstić information content (AvgIpc) is 3.35. The minimum atomic E-state index is 0.0386. The highest BCUT2D eigenvalue weighted by Gasteiger charge is 2.20. The second kappa shape index (κ2) is 9.51. The number of furan rings is 1. The van der Waals surface area contributed by atoms with E-state index in [1.165, 1.54) is 0 Å². The van der Waals surface area contributed by atoms with Crippen molar-refractivity contribution in [3.8, 4) is 22.8 Å². The van der Waals surface area contributed by atoms with E-state index >= 15 is 0 Å². The van der Waals surface area contributed by atoms with Crippen LogP contribution in [0.1, 0.15) is 23.7 Å². The molecule has 0 saturated heterocycles. The fourth-order valence-electron chi connectivity index (χ4n) is 4.99. The van der Waals surface area contributed by atoms with Gasteiger partial charge in [0, 0.05) is 32.3 Å². The normalized spacial score (nSPS) is 15.2. The Hall–Kier alpha value is -4.35. The molecule has 0 spiro atoms. The largest absolute Gasteiger partial charge is 0.456 e. The van der Waals surface area contributed by atoms with E-state index in [0.29, 0.717) is 11.6 Å². The van der Waals surface area contributed by atoms with Crippen LogP contribution in [0.2, 0.25) is 0 Å². The number of para-hydroxylation sites is 1. The van der Waals surface area contributed by atoms with Crippen molar-refractivity contribution >= 4 is 43.4 Å². The van der Waals surface area contributed by atoms with Crippen LogP contribution in [0, 0.1) is 0 Å². The Bertz CT molecular complexity index is 1870. The molecule has 182 valence electrons. The van der Waals surface area contributed by atoms with E-state index in [2.05, 4.69) is 64.5 Å². The van der Waals surface area contributed by atoms with Crippen LogP contribution in [0.4, 0.5) is 0 Å². The molecule has 0 aliphatic heterocycles. The number of halogens is 1. The van der Waals surface area contributed by atoms with E-state index in [4.69, 9.17) is 19.4 Å². The Morgan fingerprint density at radius 3 is 2.29 bits per heavy atom. The van der Waals surface area contributed by atoms with E-state index in [9.17, 15) is 0 Å². The van der Waals surface area contributed by atoms with Crippen molar-refractivity contribution in [2.45, 2.75) is 12.3 Å². The molecule has 0 fully saturated rings. The monoisotopic (exact) mass is 555 g/mol. The zero-order chi connectivity index (χ0) is 25.5. The van der Waals surface area contributed by atoms with Crippen molar-refractivity contribution in [3.05, 3.63) is 131 Å². The van der Waals surface area contributed by atoms with Gasteiger partial charge in [-0.05, 0) is 54.0 Å². The highest BCUT2D eigenvalue weighted by molar-refractivity contribution is 9.10. The van der Waals surface area contributed by atoms with Gasteiger partial charge >= 0.3 is 0 Å². The third-order valence-corrected chi connectivity index (χ3v) is 7.37. The molecule has 7 rings (SSSR count). The molecule has 1 atom stereocenters. The summed E-state index contributed by atoms with van der Waals surface area (Å²) in [5, 5.41) is 2.14. The lowest BCUT2D eigenvalue weighted by atomic mass is 9.91. The molecule has 1 aliphatic rings. The maximum Gasteiger partial charge on any atom is 0.163 e. The van der Waals surface area contributed by atoms with E-state index in [1.54, 1.807) is 0 Å². The first-order valence-corrected chi connectivity index (χ1v) is 13.4. The van der Waals surface area contributed by atoms with Crippen LogP contribution in [0.15, 0.2) is 124 Å². The van der Waals surface area contributed by atoms with Crippen molar-refractivity contribution in [2.75, 3.05) is 0 Å². The van der Waals surface area contributed by atoms with Crippen LogP contribution >= 0.6 is 15.9 Å². The van der Waals surface area contributed by atoms with E-state index < -0.39 is 0 Å². The van der Waals surface area contributed by atoms with Gasteiger partial charge in [-0.15, -0.1) is 0 Å². The number of aromatic nitrogens is 3. The molecule has 1 aliphatic carbocycles. The van der Waals surface area contributed by atoms with Crippen LogP contribution in [-0.4, -0.2) is 15.0 Å². The predicted molar refractivity (Wildman–Crippen MR) is 157 cm³/mol. The lowest BCUT2D eigenvalue weighted by molar-refractivity contribution is 0.669. The van der Waals surface area contributed by atoms with Crippen LogP contribution in [0.5, 0.6) is 0 Å². The standard InChI is InChI=1S/C33H22BrN3O/c34-26-13-7-11-23(19-26)22-10-6-12-24(18-22)32-35-31(21-8-2-1-3-9-21)36-33(37-32)25-16-17-30-28(20-25)27-14-4-5-15-29(27)38-30/h1-11,13-20,24H,12H2. The van der Waals surface area contributed by atoms with Gasteiger partial charge in [-0.25, -0.2) is 15.0 Å². The van der Waals surface area contributed by atoms with Gasteiger partial charge in [0.1, 0.15) is 17.0 Å². The van der Waals surface area contributed by atoms with Crippen LogP contribution < -0.4 is 0 Å². The minimum absolute atomic E-state index is 0.0386. The summed E-state index contributed by atoms with van der Waals surface area (Å²) in [4.78, 5) is 14.9. The smallest absolute Gasteiger partial charge is 0.163 e. The quantitative estimate of drug-likeness (QED) is 0.218. The average molecular weight is 556 g/mol. The van der Waals surface area contributed by atoms with Gasteiger partial charge in [0.25, 0.3) is 0 Å². The number of fused-ring (bicyclic) bond motifs is 3. The van der Waals surface area contributed by atoms with E-state index in [-0.39, 0.29) is 5.92 Å². The Balaban J connectivity index is 1.37. The molecule has 0 saturated carbocycles. The van der Waals surface area contributed by atoms with Gasteiger partial charge in [-0.2, -0.15) is 0 Å². The van der Waals surface area contributed by atoms with Crippen molar-refractivity contribution in [3.63, 3.8) is 0 Å². The van der Waals surface area contributed by atoms with Gasteiger partial charge in [0.15, 0.2) is 11.6 Å². The summed E-state index contributed by atoms with van der Waals surface area (Å²) in [6.07, 6.45) is 7.48. The molecule has 2 heterocycles. The van der Waals surface area contributed by atoms with Crippen molar-refractivity contribution < 1.29 is 4.42 Å². The molecule has 1 unspecified atom stereocenters. The maximum atomic E-state index is 6.05. The summed E-state index contributed by atoms with van der Waals surface area (Å²) in [6.45, 7) is 0. The van der Waals surface area contributed by atoms with Crippen molar-refractivity contribution in [1.82, 2.24) is 15.0 Å². The summed E-state index contributed by atoms with van der Waals surface area (Å²) in [5.41, 5.74) is 5.96. The molecule has 38 heavy (non-hydrogen) atoms. The van der Waals surface area contributed by atoms with Gasteiger partial charge in [0.05, 0.1) is 0 Å². The number of hydrogen-bond donors (Lipinski definition) is 0. The van der Waals surface area contributed by atoms with Gasteiger partial charge < -0.3 is 4.42 Å². The summed E-state index contributed by atoms with van der Waals surface area (Å²) >= 11 is 3.60. The third-order valence-electron chi connectivity index (χ3n) is 6.88. The predicted octanol–water partition coefficient (Wildman–Crippen LogP) is 8.99. The Morgan fingerprint density at radius 1 is 0.658 bits per heavy atom. The summed E-state index contributed by atoms with van der Waals surface area (Å²) in [7, 11) is 0. The Kier molecular flexibility index (Phi) is 5.71. The number of allylic oxidation sites excluding steroid dienone is 4. The molecule has 5 heteroatoms. The molecule has 0 N–H and O–H groups in total. The second-order valence-electron chi connectivity index (χ2n) is 9.39. The molecule has 4 aromatic carbocycles. The Morgan fingerprint density at radius 2 is 1.42 bits per heavy atom. The van der Waals surface area contributed by atoms with Crippen molar-refractivity contribution in [2.24, 2.45) is 0 Å². The molecule has 0 amide bonds. The van der Waals surface area contributed by atoms with Crippen molar-refractivity contribution in [1.29, 1.82) is 0 Å². The Labute approximate surface area is 228 Å². The maximum absolute atomic E-state index is 6.05. The van der Waals surface area contributed by atoms with Crippen LogP contribution in [0.25, 0.3) is 50.3 Å². The first-order valence-electron chi connectivity index (χ1n) is 12.6. The topological polar surface area (TPSA) is 51.8 Å². The first-order chi connectivity index (χ1) is 18.7.